The average Bonchev–Trinajstić information content (AvgIpc) is 2.54. The van der Waals surface area contributed by atoms with Crippen molar-refractivity contribution in [3.63, 3.8) is 0 Å². The van der Waals surface area contributed by atoms with Gasteiger partial charge in [0.05, 0.1) is 6.04 Å². The van der Waals surface area contributed by atoms with Crippen molar-refractivity contribution in [3.8, 4) is 0 Å². The van der Waals surface area contributed by atoms with Crippen LogP contribution in [0.1, 0.15) is 19.8 Å². The van der Waals surface area contributed by atoms with Crippen LogP contribution in [-0.4, -0.2) is 63.7 Å². The van der Waals surface area contributed by atoms with Crippen molar-refractivity contribution in [1.82, 2.24) is 20.4 Å². The molecule has 0 aromatic heterocycles. The Morgan fingerprint density at radius 3 is 2.72 bits per heavy atom. The van der Waals surface area contributed by atoms with Crippen LogP contribution in [0.3, 0.4) is 0 Å². The Morgan fingerprint density at radius 1 is 1.44 bits per heavy atom. The number of piperidine rings is 1. The highest BCUT2D eigenvalue weighted by Gasteiger charge is 2.46. The molecule has 18 heavy (non-hydrogen) atoms. The molecule has 8 heteroatoms. The van der Waals surface area contributed by atoms with Crippen LogP contribution in [0.25, 0.3) is 0 Å². The molecular weight excluding hydrogens is 240 g/mol. The smallest absolute Gasteiger partial charge is 0.309 e. The summed E-state index contributed by atoms with van der Waals surface area (Å²) in [6, 6.07) is -1.41. The standard InChI is InChI=1S/C10H16N4O4/c1-6(15)12(2)11-9(16)8-4-3-7-5-13(8)10(17)14(7)18/h7-8,18H,3-5H2,1-2H3,(H,11,16)/t7?,8-/m0/s1. The van der Waals surface area contributed by atoms with E-state index in [1.165, 1.54) is 18.9 Å². The molecule has 0 aromatic carbocycles. The average molecular weight is 256 g/mol. The highest BCUT2D eigenvalue weighted by molar-refractivity contribution is 5.89. The summed E-state index contributed by atoms with van der Waals surface area (Å²) in [6.45, 7) is 1.67. The molecule has 0 saturated carbocycles. The summed E-state index contributed by atoms with van der Waals surface area (Å²) in [5, 5.41) is 11.2. The first-order chi connectivity index (χ1) is 8.41. The molecule has 0 aromatic rings. The van der Waals surface area contributed by atoms with Crippen molar-refractivity contribution in [2.45, 2.75) is 31.8 Å². The first-order valence-corrected chi connectivity index (χ1v) is 5.75. The minimum atomic E-state index is -0.632. The van der Waals surface area contributed by atoms with Crippen molar-refractivity contribution < 1.29 is 19.6 Å². The third-order valence-electron chi connectivity index (χ3n) is 3.40. The predicted octanol–water partition coefficient (Wildman–Crippen LogP) is -0.846. The SMILES string of the molecule is CC(=O)N(C)NC(=O)[C@@H]1CCC2CN1C(=O)N2O. The van der Waals surface area contributed by atoms with Gasteiger partial charge in [0.15, 0.2) is 0 Å². The van der Waals surface area contributed by atoms with Gasteiger partial charge in [-0.2, -0.15) is 0 Å². The van der Waals surface area contributed by atoms with Crippen LogP contribution in [0.4, 0.5) is 4.79 Å². The van der Waals surface area contributed by atoms with Crippen LogP contribution in [0.5, 0.6) is 0 Å². The zero-order valence-electron chi connectivity index (χ0n) is 10.3. The second kappa shape index (κ2) is 4.45. The lowest BCUT2D eigenvalue weighted by atomic mass is 10.0. The van der Waals surface area contributed by atoms with E-state index in [4.69, 9.17) is 0 Å². The van der Waals surface area contributed by atoms with E-state index in [-0.39, 0.29) is 11.9 Å². The van der Waals surface area contributed by atoms with Gasteiger partial charge in [0, 0.05) is 20.5 Å². The number of nitrogens with one attached hydrogen (secondary N) is 1. The number of hydroxylamine groups is 2. The molecular formula is C10H16N4O4. The summed E-state index contributed by atoms with van der Waals surface area (Å²) in [5.74, 6) is -0.705. The van der Waals surface area contributed by atoms with Gasteiger partial charge in [-0.3, -0.25) is 25.2 Å². The Kier molecular flexibility index (Phi) is 3.12. The van der Waals surface area contributed by atoms with Gasteiger partial charge in [0.1, 0.15) is 6.04 Å². The molecule has 100 valence electrons. The number of rotatable bonds is 1. The van der Waals surface area contributed by atoms with Crippen molar-refractivity contribution in [3.05, 3.63) is 0 Å². The monoisotopic (exact) mass is 256 g/mol. The van der Waals surface area contributed by atoms with E-state index in [0.29, 0.717) is 24.4 Å². The molecule has 2 heterocycles. The fourth-order valence-electron chi connectivity index (χ4n) is 2.24. The number of fused-ring (bicyclic) bond motifs is 2. The minimum Gasteiger partial charge on any atom is -0.309 e. The molecule has 0 aliphatic carbocycles. The lowest BCUT2D eigenvalue weighted by molar-refractivity contribution is -0.140. The summed E-state index contributed by atoms with van der Waals surface area (Å²) >= 11 is 0. The zero-order chi connectivity index (χ0) is 13.4. The fraction of sp³-hybridized carbons (Fsp3) is 0.700. The summed E-state index contributed by atoms with van der Waals surface area (Å²) in [5.41, 5.74) is 2.42. The first-order valence-electron chi connectivity index (χ1n) is 5.75. The molecule has 2 fully saturated rings. The lowest BCUT2D eigenvalue weighted by Gasteiger charge is -2.30. The predicted molar refractivity (Wildman–Crippen MR) is 59.1 cm³/mol. The number of amides is 4. The van der Waals surface area contributed by atoms with Gasteiger partial charge in [-0.25, -0.2) is 9.86 Å². The molecule has 2 rings (SSSR count). The van der Waals surface area contributed by atoms with Crippen LogP contribution in [0.15, 0.2) is 0 Å². The molecule has 2 saturated heterocycles. The second-order valence-electron chi connectivity index (χ2n) is 4.58. The minimum absolute atomic E-state index is 0.230. The number of nitrogens with zero attached hydrogens (tertiary/aromatic N) is 3. The number of carbonyl (C=O) groups is 3. The molecule has 2 aliphatic heterocycles. The van der Waals surface area contributed by atoms with Crippen molar-refractivity contribution in [2.24, 2.45) is 0 Å². The summed E-state index contributed by atoms with van der Waals surface area (Å²) in [6.07, 6.45) is 1.05. The zero-order valence-corrected chi connectivity index (χ0v) is 10.3. The molecule has 1 unspecified atom stereocenters. The Balaban J connectivity index is 2.04. The molecule has 0 radical (unpaired) electrons. The number of carbonyl (C=O) groups excluding carboxylic acids is 3. The first kappa shape index (κ1) is 12.6. The van der Waals surface area contributed by atoms with Crippen LogP contribution < -0.4 is 5.43 Å². The maximum Gasteiger partial charge on any atom is 0.344 e. The van der Waals surface area contributed by atoms with Crippen molar-refractivity contribution >= 4 is 17.8 Å². The highest BCUT2D eigenvalue weighted by Crippen LogP contribution is 2.28. The number of hydrogen-bond donors (Lipinski definition) is 2. The highest BCUT2D eigenvalue weighted by atomic mass is 16.5. The summed E-state index contributed by atoms with van der Waals surface area (Å²) in [4.78, 5) is 36.0. The van der Waals surface area contributed by atoms with Crippen molar-refractivity contribution in [1.29, 1.82) is 0 Å². The fourth-order valence-corrected chi connectivity index (χ4v) is 2.24. The van der Waals surface area contributed by atoms with Crippen molar-refractivity contribution in [2.75, 3.05) is 13.6 Å². The normalized spacial score (nSPS) is 26.3. The topological polar surface area (TPSA) is 93.2 Å². The van der Waals surface area contributed by atoms with Gasteiger partial charge in [-0.1, -0.05) is 0 Å². The maximum absolute atomic E-state index is 12.0. The summed E-state index contributed by atoms with van der Waals surface area (Å²) < 4.78 is 0. The van der Waals surface area contributed by atoms with Gasteiger partial charge in [-0.05, 0) is 12.8 Å². The second-order valence-corrected chi connectivity index (χ2v) is 4.58. The number of urea groups is 1. The van der Waals surface area contributed by atoms with Crippen LogP contribution in [0.2, 0.25) is 0 Å². The lowest BCUT2D eigenvalue weighted by Crippen LogP contribution is -2.54. The maximum atomic E-state index is 12.0. The molecule has 2 bridgehead atoms. The van der Waals surface area contributed by atoms with Gasteiger partial charge >= 0.3 is 6.03 Å². The molecule has 0 spiro atoms. The van der Waals surface area contributed by atoms with Gasteiger partial charge in [0.25, 0.3) is 5.91 Å². The molecule has 4 amide bonds. The van der Waals surface area contributed by atoms with E-state index in [2.05, 4.69) is 5.43 Å². The molecule has 8 nitrogen and oxygen atoms in total. The Morgan fingerprint density at radius 2 is 2.11 bits per heavy atom. The number of hydrogen-bond acceptors (Lipinski definition) is 4. The molecule has 2 N–H and O–H groups in total. The van der Waals surface area contributed by atoms with E-state index in [0.717, 1.165) is 5.01 Å². The Labute approximate surface area is 104 Å². The van der Waals surface area contributed by atoms with E-state index in [9.17, 15) is 19.6 Å². The van der Waals surface area contributed by atoms with Gasteiger partial charge < -0.3 is 4.90 Å². The van der Waals surface area contributed by atoms with Crippen LogP contribution >= 0.6 is 0 Å². The largest absolute Gasteiger partial charge is 0.344 e. The van der Waals surface area contributed by atoms with Gasteiger partial charge in [-0.15, -0.1) is 0 Å². The molecule has 2 atom stereocenters. The molecule has 2 aliphatic rings. The summed E-state index contributed by atoms with van der Waals surface area (Å²) in [7, 11) is 1.44. The van der Waals surface area contributed by atoms with Gasteiger partial charge in [0.2, 0.25) is 5.91 Å². The van der Waals surface area contributed by atoms with E-state index < -0.39 is 18.0 Å². The van der Waals surface area contributed by atoms with Crippen LogP contribution in [0, 0.1) is 0 Å². The third kappa shape index (κ3) is 1.99. The third-order valence-corrected chi connectivity index (χ3v) is 3.40. The Bertz CT molecular complexity index is 399. The van der Waals surface area contributed by atoms with E-state index in [1.54, 1.807) is 0 Å². The van der Waals surface area contributed by atoms with E-state index in [1.807, 2.05) is 0 Å². The number of hydrazine groups is 1. The van der Waals surface area contributed by atoms with Crippen LogP contribution in [-0.2, 0) is 9.59 Å². The quantitative estimate of drug-likeness (QED) is 0.472. The Hall–Kier alpha value is -1.83. The van der Waals surface area contributed by atoms with E-state index >= 15 is 0 Å².